The summed E-state index contributed by atoms with van der Waals surface area (Å²) in [6.45, 7) is 12.8. The Balaban J connectivity index is 2.64. The van der Waals surface area contributed by atoms with Gasteiger partial charge in [-0.1, -0.05) is 12.5 Å². The second-order valence-electron chi connectivity index (χ2n) is 5.57. The van der Waals surface area contributed by atoms with Crippen molar-refractivity contribution in [3.63, 3.8) is 0 Å². The van der Waals surface area contributed by atoms with E-state index in [1.807, 2.05) is 6.20 Å². The molecule has 1 aromatic heterocycles. The van der Waals surface area contributed by atoms with Crippen LogP contribution in [0.1, 0.15) is 46.7 Å². The van der Waals surface area contributed by atoms with Gasteiger partial charge in [0.15, 0.2) is 0 Å². The fourth-order valence-electron chi connectivity index (χ4n) is 1.57. The minimum Gasteiger partial charge on any atom is -0.308 e. The van der Waals surface area contributed by atoms with Crippen LogP contribution in [0.25, 0.3) is 6.08 Å². The van der Waals surface area contributed by atoms with E-state index in [9.17, 15) is 0 Å². The van der Waals surface area contributed by atoms with Crippen molar-refractivity contribution in [2.75, 3.05) is 6.54 Å². The third-order valence-corrected chi connectivity index (χ3v) is 2.48. The van der Waals surface area contributed by atoms with Crippen LogP contribution in [0, 0.1) is 0 Å². The fourth-order valence-corrected chi connectivity index (χ4v) is 1.57. The van der Waals surface area contributed by atoms with Crippen LogP contribution >= 0.6 is 0 Å². The number of hydrogen-bond acceptors (Lipinski definition) is 2. The lowest BCUT2D eigenvalue weighted by Crippen LogP contribution is -2.36. The molecule has 3 nitrogen and oxygen atoms in total. The zero-order valence-electron chi connectivity index (χ0n) is 11.7. The summed E-state index contributed by atoms with van der Waals surface area (Å²) in [6.07, 6.45) is 5.19. The summed E-state index contributed by atoms with van der Waals surface area (Å²) in [4.78, 5) is 0. The molecule has 0 aliphatic carbocycles. The van der Waals surface area contributed by atoms with Crippen LogP contribution in [0.5, 0.6) is 0 Å². The zero-order chi connectivity index (χ0) is 12.9. The number of aromatic nitrogens is 2. The van der Waals surface area contributed by atoms with Crippen LogP contribution in [0.15, 0.2) is 17.8 Å². The molecule has 0 atom stereocenters. The van der Waals surface area contributed by atoms with Crippen molar-refractivity contribution in [1.29, 1.82) is 0 Å². The Labute approximate surface area is 105 Å². The lowest BCUT2D eigenvalue weighted by molar-refractivity contribution is 0.445. The van der Waals surface area contributed by atoms with Gasteiger partial charge >= 0.3 is 0 Å². The molecule has 0 aliphatic rings. The maximum Gasteiger partial charge on any atom is 0.0609 e. The number of aryl methyl sites for hydroxylation is 1. The van der Waals surface area contributed by atoms with Crippen LogP contribution in [0.2, 0.25) is 0 Å². The Hall–Kier alpha value is -1.09. The van der Waals surface area contributed by atoms with Gasteiger partial charge in [-0.15, -0.1) is 0 Å². The Morgan fingerprint density at radius 1 is 1.47 bits per heavy atom. The second-order valence-corrected chi connectivity index (χ2v) is 5.57. The molecule has 0 unspecified atom stereocenters. The highest BCUT2D eigenvalue weighted by Crippen LogP contribution is 2.08. The van der Waals surface area contributed by atoms with Gasteiger partial charge in [-0.25, -0.2) is 0 Å². The smallest absolute Gasteiger partial charge is 0.0609 e. The van der Waals surface area contributed by atoms with Crippen molar-refractivity contribution < 1.29 is 0 Å². The van der Waals surface area contributed by atoms with Gasteiger partial charge in [-0.2, -0.15) is 5.10 Å². The summed E-state index contributed by atoms with van der Waals surface area (Å²) >= 11 is 0. The first-order valence-electron chi connectivity index (χ1n) is 6.36. The summed E-state index contributed by atoms with van der Waals surface area (Å²) in [5, 5.41) is 7.81. The van der Waals surface area contributed by atoms with Gasteiger partial charge < -0.3 is 5.32 Å². The number of rotatable bonds is 5. The largest absolute Gasteiger partial charge is 0.308 e. The molecule has 17 heavy (non-hydrogen) atoms. The van der Waals surface area contributed by atoms with Crippen molar-refractivity contribution in [3.05, 3.63) is 23.5 Å². The van der Waals surface area contributed by atoms with Crippen molar-refractivity contribution in [1.82, 2.24) is 15.1 Å². The fraction of sp³-hybridized carbons (Fsp3) is 0.643. The predicted molar refractivity (Wildman–Crippen MR) is 73.9 cm³/mol. The number of nitrogens with one attached hydrogen (secondary N) is 1. The predicted octanol–water partition coefficient (Wildman–Crippen LogP) is 3.08. The summed E-state index contributed by atoms with van der Waals surface area (Å²) in [6, 6.07) is 2.07. The normalized spacial score (nSPS) is 13.1. The Kier molecular flexibility index (Phi) is 4.94. The molecule has 0 fully saturated rings. The molecule has 0 aromatic carbocycles. The monoisotopic (exact) mass is 235 g/mol. The molecule has 96 valence electrons. The highest BCUT2D eigenvalue weighted by molar-refractivity contribution is 5.48. The molecule has 1 rings (SSSR count). The Morgan fingerprint density at radius 2 is 2.18 bits per heavy atom. The molecule has 3 heteroatoms. The molecule has 1 N–H and O–H groups in total. The van der Waals surface area contributed by atoms with Gasteiger partial charge in [0, 0.05) is 24.8 Å². The van der Waals surface area contributed by atoms with E-state index < -0.39 is 0 Å². The van der Waals surface area contributed by atoms with E-state index in [1.54, 1.807) is 0 Å². The van der Waals surface area contributed by atoms with Crippen LogP contribution in [0.3, 0.4) is 0 Å². The average Bonchev–Trinajstić information content (AvgIpc) is 2.63. The first kappa shape index (κ1) is 14.0. The quantitative estimate of drug-likeness (QED) is 0.850. The third-order valence-electron chi connectivity index (χ3n) is 2.48. The molecular formula is C14H25N3. The highest BCUT2D eigenvalue weighted by atomic mass is 15.3. The maximum absolute atomic E-state index is 4.32. The lowest BCUT2D eigenvalue weighted by atomic mass is 10.1. The summed E-state index contributed by atoms with van der Waals surface area (Å²) in [5.74, 6) is 0. The molecule has 1 aromatic rings. The highest BCUT2D eigenvalue weighted by Gasteiger charge is 2.08. The average molecular weight is 235 g/mol. The van der Waals surface area contributed by atoms with Gasteiger partial charge in [-0.3, -0.25) is 4.68 Å². The van der Waals surface area contributed by atoms with E-state index in [0.29, 0.717) is 0 Å². The van der Waals surface area contributed by atoms with E-state index in [0.717, 1.165) is 19.5 Å². The molecule has 0 radical (unpaired) electrons. The van der Waals surface area contributed by atoms with Crippen LogP contribution < -0.4 is 5.32 Å². The van der Waals surface area contributed by atoms with Gasteiger partial charge in [-0.05, 0) is 46.3 Å². The van der Waals surface area contributed by atoms with Gasteiger partial charge in [0.2, 0.25) is 0 Å². The summed E-state index contributed by atoms with van der Waals surface area (Å²) in [7, 11) is 0. The van der Waals surface area contributed by atoms with Gasteiger partial charge in [0.1, 0.15) is 0 Å². The first-order valence-corrected chi connectivity index (χ1v) is 6.36. The lowest BCUT2D eigenvalue weighted by Gasteiger charge is -2.20. The second kappa shape index (κ2) is 6.01. The van der Waals surface area contributed by atoms with E-state index >= 15 is 0 Å². The van der Waals surface area contributed by atoms with Gasteiger partial charge in [0.05, 0.1) is 5.69 Å². The molecule has 0 saturated heterocycles. The van der Waals surface area contributed by atoms with Crippen molar-refractivity contribution in [2.45, 2.75) is 53.1 Å². The van der Waals surface area contributed by atoms with Crippen LogP contribution in [0.4, 0.5) is 0 Å². The molecule has 0 spiro atoms. The van der Waals surface area contributed by atoms with Crippen LogP contribution in [-0.2, 0) is 6.54 Å². The van der Waals surface area contributed by atoms with Crippen LogP contribution in [-0.4, -0.2) is 21.9 Å². The summed E-state index contributed by atoms with van der Waals surface area (Å²) < 4.78 is 2.06. The molecule has 0 amide bonds. The molecule has 0 saturated carbocycles. The standard InChI is InChI=1S/C14H25N3/c1-6-9-17-13(7-8-16-17)10-12(2)11-15-14(3,4)5/h7-8,10,15H,6,9,11H2,1-5H3/b12-10-. The minimum absolute atomic E-state index is 0.165. The van der Waals surface area contributed by atoms with Crippen molar-refractivity contribution in [2.24, 2.45) is 0 Å². The molecule has 0 bridgehead atoms. The minimum atomic E-state index is 0.165. The van der Waals surface area contributed by atoms with Crippen molar-refractivity contribution >= 4 is 6.08 Å². The first-order chi connectivity index (χ1) is 7.92. The molecule has 1 heterocycles. The third kappa shape index (κ3) is 5.18. The zero-order valence-corrected chi connectivity index (χ0v) is 11.7. The Bertz CT molecular complexity index is 369. The van der Waals surface area contributed by atoms with E-state index in [-0.39, 0.29) is 5.54 Å². The SMILES string of the molecule is CCCn1nccc1/C=C(/C)CNC(C)(C)C. The van der Waals surface area contributed by atoms with E-state index in [2.05, 4.69) is 61.9 Å². The van der Waals surface area contributed by atoms with Crippen molar-refractivity contribution in [3.8, 4) is 0 Å². The van der Waals surface area contributed by atoms with E-state index in [4.69, 9.17) is 0 Å². The van der Waals surface area contributed by atoms with E-state index in [1.165, 1.54) is 11.3 Å². The Morgan fingerprint density at radius 3 is 2.76 bits per heavy atom. The number of hydrogen-bond donors (Lipinski definition) is 1. The molecule has 0 aliphatic heterocycles. The molecular weight excluding hydrogens is 210 g/mol. The van der Waals surface area contributed by atoms with Gasteiger partial charge in [0.25, 0.3) is 0 Å². The topological polar surface area (TPSA) is 29.9 Å². The maximum atomic E-state index is 4.32. The number of nitrogens with zero attached hydrogens (tertiary/aromatic N) is 2. The summed E-state index contributed by atoms with van der Waals surface area (Å²) in [5.41, 5.74) is 2.69.